The molecule has 0 aromatic rings. The number of esters is 1. The highest BCUT2D eigenvalue weighted by atomic mass is 16.5. The molecule has 1 unspecified atom stereocenters. The van der Waals surface area contributed by atoms with Crippen molar-refractivity contribution in [3.63, 3.8) is 0 Å². The van der Waals surface area contributed by atoms with E-state index in [4.69, 9.17) is 4.74 Å². The number of likely N-dealkylation sites (tertiary alicyclic amines) is 1. The van der Waals surface area contributed by atoms with Crippen LogP contribution in [0.4, 0.5) is 0 Å². The van der Waals surface area contributed by atoms with Gasteiger partial charge in [-0.1, -0.05) is 0 Å². The van der Waals surface area contributed by atoms with Gasteiger partial charge in [-0.15, -0.1) is 0 Å². The fourth-order valence-corrected chi connectivity index (χ4v) is 6.44. The van der Waals surface area contributed by atoms with Gasteiger partial charge in [0.2, 0.25) is 0 Å². The maximum Gasteiger partial charge on any atom is 0.323 e. The zero-order valence-corrected chi connectivity index (χ0v) is 13.4. The summed E-state index contributed by atoms with van der Waals surface area (Å²) in [5.74, 6) is 3.03. The maximum absolute atomic E-state index is 12.2. The average Bonchev–Trinajstić information content (AvgIpc) is 2.84. The van der Waals surface area contributed by atoms with Crippen molar-refractivity contribution < 1.29 is 9.53 Å². The van der Waals surface area contributed by atoms with Crippen LogP contribution in [-0.4, -0.2) is 36.6 Å². The number of hydrogen-bond donors (Lipinski definition) is 0. The van der Waals surface area contributed by atoms with Crippen molar-refractivity contribution in [3.8, 4) is 0 Å². The van der Waals surface area contributed by atoms with E-state index in [9.17, 15) is 4.79 Å². The predicted molar refractivity (Wildman–Crippen MR) is 81.8 cm³/mol. The molecule has 5 fully saturated rings. The van der Waals surface area contributed by atoms with Gasteiger partial charge in [0.15, 0.2) is 0 Å². The quantitative estimate of drug-likeness (QED) is 0.745. The first-order valence-electron chi connectivity index (χ1n) is 9.08. The number of nitrogens with zero attached hydrogens (tertiary/aromatic N) is 1. The van der Waals surface area contributed by atoms with Gasteiger partial charge < -0.3 is 4.74 Å². The first-order chi connectivity index (χ1) is 10.2. The van der Waals surface area contributed by atoms with Crippen LogP contribution in [-0.2, 0) is 9.53 Å². The number of hydrogen-bond acceptors (Lipinski definition) is 3. The minimum atomic E-state index is 0.0275. The fourth-order valence-electron chi connectivity index (χ4n) is 6.44. The normalized spacial score (nSPS) is 45.2. The van der Waals surface area contributed by atoms with E-state index in [0.29, 0.717) is 12.0 Å². The van der Waals surface area contributed by atoms with Crippen molar-refractivity contribution in [1.29, 1.82) is 0 Å². The minimum Gasteiger partial charge on any atom is -0.465 e. The highest BCUT2D eigenvalue weighted by Crippen LogP contribution is 2.60. The number of carbonyl (C=O) groups is 1. The molecule has 0 aromatic heterocycles. The Morgan fingerprint density at radius 2 is 1.76 bits per heavy atom. The van der Waals surface area contributed by atoms with Gasteiger partial charge >= 0.3 is 5.97 Å². The summed E-state index contributed by atoms with van der Waals surface area (Å²) in [5.41, 5.74) is 0.545. The maximum atomic E-state index is 12.2. The van der Waals surface area contributed by atoms with Gasteiger partial charge in [-0.25, -0.2) is 0 Å². The molecule has 3 heteroatoms. The Hall–Kier alpha value is -0.570. The molecule has 5 rings (SSSR count). The van der Waals surface area contributed by atoms with Crippen LogP contribution in [0.5, 0.6) is 0 Å². The summed E-state index contributed by atoms with van der Waals surface area (Å²) in [4.78, 5) is 14.7. The van der Waals surface area contributed by atoms with E-state index in [1.54, 1.807) is 0 Å². The average molecular weight is 291 g/mol. The van der Waals surface area contributed by atoms with Gasteiger partial charge in [0.25, 0.3) is 0 Å². The van der Waals surface area contributed by atoms with Crippen molar-refractivity contribution in [3.05, 3.63) is 0 Å². The molecule has 0 spiro atoms. The van der Waals surface area contributed by atoms with Crippen molar-refractivity contribution in [2.75, 3.05) is 19.7 Å². The molecule has 0 amide bonds. The minimum absolute atomic E-state index is 0.0275. The van der Waals surface area contributed by atoms with Crippen LogP contribution in [0, 0.1) is 23.2 Å². The van der Waals surface area contributed by atoms with Crippen LogP contribution in [0.2, 0.25) is 0 Å². The smallest absolute Gasteiger partial charge is 0.323 e. The number of carbonyl (C=O) groups excluding carboxylic acids is 1. The van der Waals surface area contributed by atoms with E-state index < -0.39 is 0 Å². The van der Waals surface area contributed by atoms with Crippen LogP contribution in [0.1, 0.15) is 58.3 Å². The molecule has 1 saturated heterocycles. The first-order valence-corrected chi connectivity index (χ1v) is 9.08. The lowest BCUT2D eigenvalue weighted by Gasteiger charge is -2.58. The predicted octanol–water partition coefficient (Wildman–Crippen LogP) is 3.23. The van der Waals surface area contributed by atoms with Crippen molar-refractivity contribution in [1.82, 2.24) is 4.90 Å². The Morgan fingerprint density at radius 3 is 2.33 bits per heavy atom. The Morgan fingerprint density at radius 1 is 1.14 bits per heavy atom. The summed E-state index contributed by atoms with van der Waals surface area (Å²) in [6.07, 6.45) is 11.0. The Balaban J connectivity index is 1.46. The largest absolute Gasteiger partial charge is 0.465 e. The third-order valence-electron chi connectivity index (χ3n) is 6.63. The van der Waals surface area contributed by atoms with E-state index in [1.807, 2.05) is 6.92 Å². The van der Waals surface area contributed by atoms with Crippen LogP contribution in [0.25, 0.3) is 0 Å². The lowest BCUT2D eigenvalue weighted by molar-refractivity contribution is -0.150. The molecule has 0 radical (unpaired) electrons. The van der Waals surface area contributed by atoms with Crippen molar-refractivity contribution in [2.24, 2.45) is 23.2 Å². The Kier molecular flexibility index (Phi) is 3.52. The molecule has 118 valence electrons. The first kappa shape index (κ1) is 14.0. The van der Waals surface area contributed by atoms with Gasteiger partial charge in [-0.3, -0.25) is 9.69 Å². The zero-order valence-electron chi connectivity index (χ0n) is 13.4. The molecule has 5 aliphatic rings. The van der Waals surface area contributed by atoms with E-state index in [-0.39, 0.29) is 12.0 Å². The van der Waals surface area contributed by atoms with E-state index in [1.165, 1.54) is 45.1 Å². The third kappa shape index (κ3) is 2.52. The molecule has 3 nitrogen and oxygen atoms in total. The van der Waals surface area contributed by atoms with Crippen molar-refractivity contribution >= 4 is 5.97 Å². The molecule has 1 heterocycles. The molecular formula is C18H29NO2. The van der Waals surface area contributed by atoms with Gasteiger partial charge in [-0.05, 0) is 88.0 Å². The number of rotatable bonds is 4. The topological polar surface area (TPSA) is 29.5 Å². The van der Waals surface area contributed by atoms with Gasteiger partial charge in [0.1, 0.15) is 6.04 Å². The fraction of sp³-hybridized carbons (Fsp3) is 0.944. The second-order valence-electron chi connectivity index (χ2n) is 8.30. The zero-order chi connectivity index (χ0) is 14.4. The third-order valence-corrected chi connectivity index (χ3v) is 6.63. The summed E-state index contributed by atoms with van der Waals surface area (Å²) in [7, 11) is 0. The standard InChI is InChI=1S/C18H29NO2/c1-2-21-17(20)16-4-3-5-19(16)12-18-9-13-6-14(10-18)8-15(7-13)11-18/h13-16H,2-12H2,1H3. The van der Waals surface area contributed by atoms with Crippen LogP contribution >= 0.6 is 0 Å². The second-order valence-corrected chi connectivity index (χ2v) is 8.30. The summed E-state index contributed by atoms with van der Waals surface area (Å²) >= 11 is 0. The summed E-state index contributed by atoms with van der Waals surface area (Å²) in [6.45, 7) is 4.70. The van der Waals surface area contributed by atoms with E-state index in [0.717, 1.165) is 37.1 Å². The lowest BCUT2D eigenvalue weighted by Crippen LogP contribution is -2.52. The molecule has 1 aliphatic heterocycles. The summed E-state index contributed by atoms with van der Waals surface area (Å²) in [5, 5.41) is 0. The van der Waals surface area contributed by atoms with Gasteiger partial charge in [0, 0.05) is 6.54 Å². The van der Waals surface area contributed by atoms with Gasteiger partial charge in [0.05, 0.1) is 6.61 Å². The molecule has 0 N–H and O–H groups in total. The summed E-state index contributed by atoms with van der Waals surface area (Å²) < 4.78 is 5.30. The molecule has 4 bridgehead atoms. The van der Waals surface area contributed by atoms with Crippen LogP contribution in [0.3, 0.4) is 0 Å². The molecule has 4 saturated carbocycles. The van der Waals surface area contributed by atoms with E-state index in [2.05, 4.69) is 4.90 Å². The number of ether oxygens (including phenoxy) is 1. The van der Waals surface area contributed by atoms with Gasteiger partial charge in [-0.2, -0.15) is 0 Å². The summed E-state index contributed by atoms with van der Waals surface area (Å²) in [6, 6.07) is 0.0537. The SMILES string of the molecule is CCOC(=O)C1CCCN1CC12CC3CC(CC(C3)C1)C2. The Labute approximate surface area is 128 Å². The monoisotopic (exact) mass is 291 g/mol. The highest BCUT2D eigenvalue weighted by molar-refractivity contribution is 5.76. The highest BCUT2D eigenvalue weighted by Gasteiger charge is 2.52. The molecule has 1 atom stereocenters. The van der Waals surface area contributed by atoms with Crippen LogP contribution in [0.15, 0.2) is 0 Å². The lowest BCUT2D eigenvalue weighted by atomic mass is 9.49. The molecule has 4 aliphatic carbocycles. The van der Waals surface area contributed by atoms with Crippen molar-refractivity contribution in [2.45, 2.75) is 64.3 Å². The second kappa shape index (κ2) is 5.26. The Bertz CT molecular complexity index is 384. The molecule has 0 aromatic carbocycles. The van der Waals surface area contributed by atoms with E-state index >= 15 is 0 Å². The van der Waals surface area contributed by atoms with Crippen LogP contribution < -0.4 is 0 Å². The molecular weight excluding hydrogens is 262 g/mol. The molecule has 21 heavy (non-hydrogen) atoms.